The standard InChI is InChI=1S/C15H20N2O2/c16-14-7-6-13-8-12(14)9-17(13)15(18)19-10-11-4-2-1-3-5-11/h1-5,12-14H,6-10,16H2. The molecule has 1 saturated heterocycles. The van der Waals surface area contributed by atoms with Gasteiger partial charge < -0.3 is 15.4 Å². The summed E-state index contributed by atoms with van der Waals surface area (Å²) in [6.07, 6.45) is 2.89. The molecule has 0 radical (unpaired) electrons. The average Bonchev–Trinajstić information content (AvgIpc) is 2.81. The van der Waals surface area contributed by atoms with Crippen molar-refractivity contribution >= 4 is 6.09 Å². The molecule has 2 fully saturated rings. The van der Waals surface area contributed by atoms with Gasteiger partial charge in [-0.25, -0.2) is 4.79 Å². The molecule has 3 rings (SSSR count). The van der Waals surface area contributed by atoms with Gasteiger partial charge in [0.05, 0.1) is 0 Å². The van der Waals surface area contributed by atoms with E-state index in [1.54, 1.807) is 0 Å². The lowest BCUT2D eigenvalue weighted by Crippen LogP contribution is -2.35. The van der Waals surface area contributed by atoms with E-state index in [1.807, 2.05) is 35.2 Å². The maximum Gasteiger partial charge on any atom is 0.410 e. The summed E-state index contributed by atoms with van der Waals surface area (Å²) in [7, 11) is 0. The number of nitrogens with two attached hydrogens (primary N) is 1. The van der Waals surface area contributed by atoms with Gasteiger partial charge in [0.2, 0.25) is 0 Å². The summed E-state index contributed by atoms with van der Waals surface area (Å²) >= 11 is 0. The highest BCUT2D eigenvalue weighted by Gasteiger charge is 2.42. The zero-order valence-corrected chi connectivity index (χ0v) is 11.0. The van der Waals surface area contributed by atoms with Crippen molar-refractivity contribution in [2.45, 2.75) is 38.0 Å². The average molecular weight is 260 g/mol. The van der Waals surface area contributed by atoms with Crippen LogP contribution in [0.5, 0.6) is 0 Å². The van der Waals surface area contributed by atoms with Gasteiger partial charge in [-0.15, -0.1) is 0 Å². The second-order valence-corrected chi connectivity index (χ2v) is 5.58. The summed E-state index contributed by atoms with van der Waals surface area (Å²) in [5.74, 6) is 0.461. The molecule has 0 spiro atoms. The third kappa shape index (κ3) is 2.59. The van der Waals surface area contributed by atoms with Crippen molar-refractivity contribution in [3.05, 3.63) is 35.9 Å². The first kappa shape index (κ1) is 12.5. The zero-order chi connectivity index (χ0) is 13.2. The minimum absolute atomic E-state index is 0.189. The van der Waals surface area contributed by atoms with E-state index in [2.05, 4.69) is 0 Å². The number of likely N-dealkylation sites (tertiary alicyclic amines) is 1. The van der Waals surface area contributed by atoms with E-state index in [9.17, 15) is 4.79 Å². The van der Waals surface area contributed by atoms with Gasteiger partial charge in [-0.05, 0) is 30.7 Å². The molecule has 3 atom stereocenters. The fourth-order valence-corrected chi connectivity index (χ4v) is 3.18. The van der Waals surface area contributed by atoms with Crippen LogP contribution in [0.25, 0.3) is 0 Å². The Hall–Kier alpha value is -1.55. The van der Waals surface area contributed by atoms with Crippen LogP contribution in [0.1, 0.15) is 24.8 Å². The van der Waals surface area contributed by atoms with Crippen LogP contribution in [-0.4, -0.2) is 29.6 Å². The van der Waals surface area contributed by atoms with Gasteiger partial charge in [0.25, 0.3) is 0 Å². The number of hydrogen-bond donors (Lipinski definition) is 1. The van der Waals surface area contributed by atoms with Crippen LogP contribution in [0, 0.1) is 5.92 Å². The first-order valence-corrected chi connectivity index (χ1v) is 6.97. The van der Waals surface area contributed by atoms with E-state index in [0.717, 1.165) is 31.4 Å². The first-order chi connectivity index (χ1) is 9.24. The second-order valence-electron chi connectivity index (χ2n) is 5.58. The summed E-state index contributed by atoms with van der Waals surface area (Å²) in [4.78, 5) is 14.0. The number of ether oxygens (including phenoxy) is 1. The molecular weight excluding hydrogens is 240 g/mol. The molecule has 0 aromatic heterocycles. The minimum Gasteiger partial charge on any atom is -0.445 e. The van der Waals surface area contributed by atoms with Crippen LogP contribution in [0.2, 0.25) is 0 Å². The van der Waals surface area contributed by atoms with Gasteiger partial charge in [0, 0.05) is 18.6 Å². The van der Waals surface area contributed by atoms with Gasteiger partial charge in [-0.3, -0.25) is 0 Å². The number of carbonyl (C=O) groups is 1. The third-order valence-electron chi connectivity index (χ3n) is 4.33. The normalized spacial score (nSPS) is 29.3. The molecule has 3 unspecified atom stereocenters. The molecule has 102 valence electrons. The summed E-state index contributed by atoms with van der Waals surface area (Å²) in [5.41, 5.74) is 7.09. The molecule has 4 nitrogen and oxygen atoms in total. The summed E-state index contributed by atoms with van der Waals surface area (Å²) in [5, 5.41) is 0. The van der Waals surface area contributed by atoms with E-state index in [1.165, 1.54) is 0 Å². The number of rotatable bonds is 2. The van der Waals surface area contributed by atoms with Gasteiger partial charge in [-0.2, -0.15) is 0 Å². The van der Waals surface area contributed by atoms with Crippen LogP contribution < -0.4 is 5.73 Å². The molecule has 1 aromatic carbocycles. The van der Waals surface area contributed by atoms with Crippen molar-refractivity contribution in [3.63, 3.8) is 0 Å². The lowest BCUT2D eigenvalue weighted by molar-refractivity contribution is 0.0914. The van der Waals surface area contributed by atoms with Crippen LogP contribution >= 0.6 is 0 Å². The van der Waals surface area contributed by atoms with E-state index in [-0.39, 0.29) is 12.1 Å². The van der Waals surface area contributed by atoms with Crippen LogP contribution in [-0.2, 0) is 11.3 Å². The Morgan fingerprint density at radius 1 is 1.32 bits per heavy atom. The maximum absolute atomic E-state index is 12.1. The zero-order valence-electron chi connectivity index (χ0n) is 11.0. The number of nitrogens with zero attached hydrogens (tertiary/aromatic N) is 1. The number of hydrogen-bond acceptors (Lipinski definition) is 3. The molecule has 4 heteroatoms. The number of benzene rings is 1. The molecule has 19 heavy (non-hydrogen) atoms. The Balaban J connectivity index is 1.57. The predicted octanol–water partition coefficient (Wildman–Crippen LogP) is 2.13. The lowest BCUT2D eigenvalue weighted by Gasteiger charge is -2.25. The van der Waals surface area contributed by atoms with Gasteiger partial charge in [0.15, 0.2) is 0 Å². The van der Waals surface area contributed by atoms with E-state index in [4.69, 9.17) is 10.5 Å². The highest BCUT2D eigenvalue weighted by Crippen LogP contribution is 2.35. The van der Waals surface area contributed by atoms with Crippen molar-refractivity contribution in [1.29, 1.82) is 0 Å². The SMILES string of the molecule is NC1CCC2CC1CN2C(=O)OCc1ccccc1. The van der Waals surface area contributed by atoms with Crippen molar-refractivity contribution in [1.82, 2.24) is 4.90 Å². The molecule has 1 amide bonds. The largest absolute Gasteiger partial charge is 0.445 e. The van der Waals surface area contributed by atoms with Crippen LogP contribution in [0.3, 0.4) is 0 Å². The molecule has 1 aliphatic heterocycles. The summed E-state index contributed by atoms with van der Waals surface area (Å²) in [6.45, 7) is 1.11. The Morgan fingerprint density at radius 3 is 2.84 bits per heavy atom. The minimum atomic E-state index is -0.189. The lowest BCUT2D eigenvalue weighted by atomic mass is 9.86. The fourth-order valence-electron chi connectivity index (χ4n) is 3.18. The van der Waals surface area contributed by atoms with E-state index in [0.29, 0.717) is 18.6 Å². The van der Waals surface area contributed by atoms with E-state index >= 15 is 0 Å². The quantitative estimate of drug-likeness (QED) is 0.886. The molecule has 2 N–H and O–H groups in total. The topological polar surface area (TPSA) is 55.6 Å². The first-order valence-electron chi connectivity index (χ1n) is 6.97. The van der Waals surface area contributed by atoms with Crippen LogP contribution in [0.4, 0.5) is 4.79 Å². The molecule has 1 saturated carbocycles. The molecule has 2 aliphatic rings. The smallest absolute Gasteiger partial charge is 0.410 e. The Bertz CT molecular complexity index is 449. The second kappa shape index (κ2) is 5.21. The Morgan fingerprint density at radius 2 is 2.11 bits per heavy atom. The Labute approximate surface area is 113 Å². The van der Waals surface area contributed by atoms with Crippen molar-refractivity contribution < 1.29 is 9.53 Å². The third-order valence-corrected chi connectivity index (χ3v) is 4.33. The molecule has 2 bridgehead atoms. The van der Waals surface area contributed by atoms with Gasteiger partial charge >= 0.3 is 6.09 Å². The number of fused-ring (bicyclic) bond motifs is 2. The van der Waals surface area contributed by atoms with Crippen LogP contribution in [0.15, 0.2) is 30.3 Å². The molecular formula is C15H20N2O2. The van der Waals surface area contributed by atoms with Crippen molar-refractivity contribution in [3.8, 4) is 0 Å². The number of carbonyl (C=O) groups excluding carboxylic acids is 1. The highest BCUT2D eigenvalue weighted by atomic mass is 16.6. The van der Waals surface area contributed by atoms with Gasteiger partial charge in [0.1, 0.15) is 6.61 Å². The van der Waals surface area contributed by atoms with Crippen molar-refractivity contribution in [2.75, 3.05) is 6.54 Å². The van der Waals surface area contributed by atoms with Gasteiger partial charge in [-0.1, -0.05) is 30.3 Å². The number of amides is 1. The molecule has 1 aromatic rings. The molecule has 1 aliphatic carbocycles. The highest BCUT2D eigenvalue weighted by molar-refractivity contribution is 5.68. The van der Waals surface area contributed by atoms with Crippen molar-refractivity contribution in [2.24, 2.45) is 11.7 Å². The maximum atomic E-state index is 12.1. The van der Waals surface area contributed by atoms with E-state index < -0.39 is 0 Å². The monoisotopic (exact) mass is 260 g/mol. The summed E-state index contributed by atoms with van der Waals surface area (Å²) in [6, 6.07) is 10.4. The predicted molar refractivity (Wildman–Crippen MR) is 72.4 cm³/mol. The fraction of sp³-hybridized carbons (Fsp3) is 0.533. The Kier molecular flexibility index (Phi) is 3.42. The summed E-state index contributed by atoms with van der Waals surface area (Å²) < 4.78 is 5.40. The molecule has 1 heterocycles.